The molecule has 0 unspecified atom stereocenters. The predicted molar refractivity (Wildman–Crippen MR) is 47.9 cm³/mol. The number of hydrogen-bond acceptors (Lipinski definition) is 5. The van der Waals surface area contributed by atoms with Gasteiger partial charge in [0.1, 0.15) is 12.2 Å². The Morgan fingerprint density at radius 3 is 3.07 bits per heavy atom. The first-order valence-electron chi connectivity index (χ1n) is 4.25. The van der Waals surface area contributed by atoms with Crippen LogP contribution in [0.2, 0.25) is 0 Å². The maximum Gasteiger partial charge on any atom is 0.138 e. The standard InChI is InChI=1S/C7H11N7/c1-14-6(3-10-13-14)2-8-4-7-9-5-11-12-7/h3,5,8H,2,4H2,1H3,(H,9,11,12). The minimum atomic E-state index is 0.658. The molecule has 0 amide bonds. The molecule has 7 nitrogen and oxygen atoms in total. The van der Waals surface area contributed by atoms with Crippen molar-refractivity contribution in [3.63, 3.8) is 0 Å². The van der Waals surface area contributed by atoms with Gasteiger partial charge in [0, 0.05) is 13.6 Å². The highest BCUT2D eigenvalue weighted by atomic mass is 15.4. The topological polar surface area (TPSA) is 84.3 Å². The van der Waals surface area contributed by atoms with Gasteiger partial charge in [-0.1, -0.05) is 5.21 Å². The molecule has 0 radical (unpaired) electrons. The molecule has 74 valence electrons. The van der Waals surface area contributed by atoms with Crippen LogP contribution in [0, 0.1) is 0 Å². The Morgan fingerprint density at radius 2 is 2.43 bits per heavy atom. The Hall–Kier alpha value is -1.76. The molecule has 0 aliphatic heterocycles. The van der Waals surface area contributed by atoms with E-state index < -0.39 is 0 Å². The summed E-state index contributed by atoms with van der Waals surface area (Å²) in [6.45, 7) is 1.37. The van der Waals surface area contributed by atoms with Crippen LogP contribution in [0.25, 0.3) is 0 Å². The number of aromatic nitrogens is 6. The van der Waals surface area contributed by atoms with Gasteiger partial charge < -0.3 is 5.32 Å². The molecule has 0 saturated heterocycles. The van der Waals surface area contributed by atoms with Gasteiger partial charge in [0.2, 0.25) is 0 Å². The lowest BCUT2D eigenvalue weighted by Gasteiger charge is -2.01. The molecular formula is C7H11N7. The number of aromatic amines is 1. The molecular weight excluding hydrogens is 182 g/mol. The van der Waals surface area contributed by atoms with Crippen LogP contribution in [-0.4, -0.2) is 30.2 Å². The SMILES string of the molecule is Cn1nncc1CNCc1ncn[nH]1. The van der Waals surface area contributed by atoms with Crippen LogP contribution in [-0.2, 0) is 20.1 Å². The monoisotopic (exact) mass is 193 g/mol. The molecule has 7 heteroatoms. The summed E-state index contributed by atoms with van der Waals surface area (Å²) in [6.07, 6.45) is 3.22. The summed E-state index contributed by atoms with van der Waals surface area (Å²) in [6, 6.07) is 0. The van der Waals surface area contributed by atoms with E-state index in [2.05, 4.69) is 30.8 Å². The minimum absolute atomic E-state index is 0.658. The fourth-order valence-electron chi connectivity index (χ4n) is 1.10. The van der Waals surface area contributed by atoms with E-state index in [0.717, 1.165) is 11.5 Å². The molecule has 2 heterocycles. The van der Waals surface area contributed by atoms with Crippen molar-refractivity contribution < 1.29 is 0 Å². The highest BCUT2D eigenvalue weighted by molar-refractivity contribution is 4.92. The molecule has 2 N–H and O–H groups in total. The summed E-state index contributed by atoms with van der Waals surface area (Å²) in [5.74, 6) is 0.820. The number of H-pyrrole nitrogens is 1. The molecule has 2 aromatic heterocycles. The van der Waals surface area contributed by atoms with Gasteiger partial charge >= 0.3 is 0 Å². The van der Waals surface area contributed by atoms with Crippen molar-refractivity contribution in [3.05, 3.63) is 24.0 Å². The zero-order valence-corrected chi connectivity index (χ0v) is 7.80. The quantitative estimate of drug-likeness (QED) is 0.665. The van der Waals surface area contributed by atoms with Crippen molar-refractivity contribution in [2.75, 3.05) is 0 Å². The van der Waals surface area contributed by atoms with E-state index in [9.17, 15) is 0 Å². The number of aryl methyl sites for hydroxylation is 1. The summed E-state index contributed by atoms with van der Waals surface area (Å²) >= 11 is 0. The molecule has 2 aromatic rings. The van der Waals surface area contributed by atoms with Crippen LogP contribution >= 0.6 is 0 Å². The average molecular weight is 193 g/mol. The Labute approximate surface area is 80.5 Å². The molecule has 14 heavy (non-hydrogen) atoms. The zero-order chi connectivity index (χ0) is 9.80. The van der Waals surface area contributed by atoms with Gasteiger partial charge in [0.25, 0.3) is 0 Å². The van der Waals surface area contributed by atoms with Crippen LogP contribution < -0.4 is 5.32 Å². The van der Waals surface area contributed by atoms with Crippen LogP contribution in [0.3, 0.4) is 0 Å². The Balaban J connectivity index is 1.81. The molecule has 0 bridgehead atoms. The predicted octanol–water partition coefficient (Wildman–Crippen LogP) is -0.777. The average Bonchev–Trinajstić information content (AvgIpc) is 2.78. The molecule has 0 aliphatic rings. The summed E-state index contributed by atoms with van der Waals surface area (Å²) in [5, 5.41) is 17.3. The van der Waals surface area contributed by atoms with Crippen molar-refractivity contribution in [3.8, 4) is 0 Å². The van der Waals surface area contributed by atoms with Gasteiger partial charge in [-0.3, -0.25) is 9.78 Å². The summed E-state index contributed by atoms with van der Waals surface area (Å²) in [5.41, 5.74) is 1.03. The molecule has 0 aliphatic carbocycles. The second kappa shape index (κ2) is 3.97. The van der Waals surface area contributed by atoms with Crippen molar-refractivity contribution in [1.82, 2.24) is 35.5 Å². The first kappa shape index (κ1) is 8.82. The summed E-state index contributed by atoms with van der Waals surface area (Å²) in [7, 11) is 1.86. The molecule has 0 fully saturated rings. The summed E-state index contributed by atoms with van der Waals surface area (Å²) in [4.78, 5) is 3.99. The van der Waals surface area contributed by atoms with E-state index in [4.69, 9.17) is 0 Å². The van der Waals surface area contributed by atoms with Crippen molar-refractivity contribution in [1.29, 1.82) is 0 Å². The number of hydrogen-bond donors (Lipinski definition) is 2. The smallest absolute Gasteiger partial charge is 0.138 e. The third-order valence-electron chi connectivity index (χ3n) is 1.87. The maximum absolute atomic E-state index is 3.99. The maximum atomic E-state index is 3.99. The number of nitrogens with one attached hydrogen (secondary N) is 2. The van der Waals surface area contributed by atoms with E-state index in [0.29, 0.717) is 13.1 Å². The van der Waals surface area contributed by atoms with Gasteiger partial charge in [-0.05, 0) is 0 Å². The number of rotatable bonds is 4. The van der Waals surface area contributed by atoms with E-state index in [-0.39, 0.29) is 0 Å². The van der Waals surface area contributed by atoms with Crippen LogP contribution in [0.1, 0.15) is 11.5 Å². The van der Waals surface area contributed by atoms with Crippen LogP contribution in [0.15, 0.2) is 12.5 Å². The van der Waals surface area contributed by atoms with E-state index in [1.807, 2.05) is 7.05 Å². The van der Waals surface area contributed by atoms with E-state index in [1.165, 1.54) is 6.33 Å². The van der Waals surface area contributed by atoms with Crippen molar-refractivity contribution in [2.45, 2.75) is 13.1 Å². The Bertz CT molecular complexity index is 376. The molecule has 0 saturated carbocycles. The second-order valence-corrected chi connectivity index (χ2v) is 2.88. The highest BCUT2D eigenvalue weighted by Crippen LogP contribution is 1.93. The fourth-order valence-corrected chi connectivity index (χ4v) is 1.10. The van der Waals surface area contributed by atoms with Gasteiger partial charge in [0.15, 0.2) is 0 Å². The van der Waals surface area contributed by atoms with Gasteiger partial charge in [-0.2, -0.15) is 5.10 Å². The van der Waals surface area contributed by atoms with Crippen LogP contribution in [0.5, 0.6) is 0 Å². The fraction of sp³-hybridized carbons (Fsp3) is 0.429. The van der Waals surface area contributed by atoms with E-state index in [1.54, 1.807) is 10.9 Å². The lowest BCUT2D eigenvalue weighted by Crippen LogP contribution is -2.16. The van der Waals surface area contributed by atoms with Crippen molar-refractivity contribution >= 4 is 0 Å². The lowest BCUT2D eigenvalue weighted by atomic mass is 10.4. The first-order valence-corrected chi connectivity index (χ1v) is 4.25. The minimum Gasteiger partial charge on any atom is -0.304 e. The normalized spacial score (nSPS) is 10.6. The number of nitrogens with zero attached hydrogens (tertiary/aromatic N) is 5. The third-order valence-corrected chi connectivity index (χ3v) is 1.87. The van der Waals surface area contributed by atoms with Gasteiger partial charge in [-0.15, -0.1) is 5.10 Å². The Kier molecular flexibility index (Phi) is 2.50. The van der Waals surface area contributed by atoms with Gasteiger partial charge in [0.05, 0.1) is 18.4 Å². The largest absolute Gasteiger partial charge is 0.304 e. The van der Waals surface area contributed by atoms with E-state index >= 15 is 0 Å². The van der Waals surface area contributed by atoms with Crippen molar-refractivity contribution in [2.24, 2.45) is 7.05 Å². The highest BCUT2D eigenvalue weighted by Gasteiger charge is 1.99. The lowest BCUT2D eigenvalue weighted by molar-refractivity contribution is 0.605. The Morgan fingerprint density at radius 1 is 1.50 bits per heavy atom. The third kappa shape index (κ3) is 1.94. The molecule has 0 aromatic carbocycles. The summed E-state index contributed by atoms with van der Waals surface area (Å²) < 4.78 is 1.73. The van der Waals surface area contributed by atoms with Crippen LogP contribution in [0.4, 0.5) is 0 Å². The second-order valence-electron chi connectivity index (χ2n) is 2.88. The first-order chi connectivity index (χ1) is 6.86. The zero-order valence-electron chi connectivity index (χ0n) is 7.80. The molecule has 2 rings (SSSR count). The molecule has 0 atom stereocenters. The van der Waals surface area contributed by atoms with Gasteiger partial charge in [-0.25, -0.2) is 4.98 Å². The molecule has 0 spiro atoms.